The van der Waals surface area contributed by atoms with E-state index < -0.39 is 0 Å². The third-order valence-electron chi connectivity index (χ3n) is 5.70. The first-order valence-corrected chi connectivity index (χ1v) is 10.2. The van der Waals surface area contributed by atoms with E-state index in [0.717, 1.165) is 37.0 Å². The highest BCUT2D eigenvalue weighted by atomic mass is 35.5. The Kier molecular flexibility index (Phi) is 4.72. The van der Waals surface area contributed by atoms with Gasteiger partial charge in [0.05, 0.1) is 16.1 Å². The molecule has 2 aliphatic rings. The monoisotopic (exact) mass is 417 g/mol. The van der Waals surface area contributed by atoms with Crippen molar-refractivity contribution in [3.05, 3.63) is 57.7 Å². The highest BCUT2D eigenvalue weighted by Gasteiger charge is 2.28. The van der Waals surface area contributed by atoms with Crippen LogP contribution in [0.15, 0.2) is 41.2 Å². The molecular formula is C21H21ClFN3O3. The molecule has 5 rings (SSSR count). The van der Waals surface area contributed by atoms with Gasteiger partial charge >= 0.3 is 5.69 Å². The lowest BCUT2D eigenvalue weighted by Gasteiger charge is -2.36. The van der Waals surface area contributed by atoms with E-state index >= 15 is 0 Å². The van der Waals surface area contributed by atoms with Gasteiger partial charge in [0.25, 0.3) is 0 Å². The second-order valence-corrected chi connectivity index (χ2v) is 8.02. The number of rotatable bonds is 3. The van der Waals surface area contributed by atoms with Crippen molar-refractivity contribution in [3.63, 3.8) is 0 Å². The molecule has 1 fully saturated rings. The number of H-pyrrole nitrogens is 1. The summed E-state index contributed by atoms with van der Waals surface area (Å²) < 4.78 is 26.9. The summed E-state index contributed by atoms with van der Waals surface area (Å²) in [5.41, 5.74) is 1.43. The average Bonchev–Trinajstić information content (AvgIpc) is 3.05. The molecular weight excluding hydrogens is 397 g/mol. The summed E-state index contributed by atoms with van der Waals surface area (Å²) in [6.07, 6.45) is 1.54. The Labute approximate surface area is 171 Å². The second-order valence-electron chi connectivity index (χ2n) is 7.61. The molecule has 0 bridgehead atoms. The van der Waals surface area contributed by atoms with E-state index in [1.54, 1.807) is 10.6 Å². The maximum absolute atomic E-state index is 13.4. The van der Waals surface area contributed by atoms with Crippen molar-refractivity contribution in [2.75, 3.05) is 26.2 Å². The van der Waals surface area contributed by atoms with E-state index in [2.05, 4.69) is 9.88 Å². The number of aromatic nitrogens is 2. The molecule has 2 aliphatic heterocycles. The smallest absolute Gasteiger partial charge is 0.326 e. The van der Waals surface area contributed by atoms with Gasteiger partial charge in [-0.05, 0) is 37.1 Å². The van der Waals surface area contributed by atoms with Crippen LogP contribution in [0.2, 0.25) is 5.02 Å². The summed E-state index contributed by atoms with van der Waals surface area (Å²) in [5, 5.41) is 0.585. The first-order valence-electron chi connectivity index (χ1n) is 9.78. The Morgan fingerprint density at radius 3 is 2.83 bits per heavy atom. The Balaban J connectivity index is 1.25. The fourth-order valence-corrected chi connectivity index (χ4v) is 4.58. The first kappa shape index (κ1) is 18.5. The fourth-order valence-electron chi connectivity index (χ4n) is 4.31. The molecule has 6 nitrogen and oxygen atoms in total. The normalized spacial score (nSPS) is 20.3. The number of aromatic amines is 1. The van der Waals surface area contributed by atoms with Crippen LogP contribution < -0.4 is 15.2 Å². The molecule has 0 spiro atoms. The van der Waals surface area contributed by atoms with Gasteiger partial charge < -0.3 is 14.5 Å². The zero-order valence-corrected chi connectivity index (χ0v) is 16.5. The molecule has 8 heteroatoms. The minimum Gasteiger partial charge on any atom is -0.486 e. The van der Waals surface area contributed by atoms with Crippen molar-refractivity contribution in [1.82, 2.24) is 14.5 Å². The standard InChI is InChI=1S/C21H21ClFN3O3/c22-16-2-1-3-17-20(16)26(21(27)24-17)14-6-8-25(9-7-14)11-15-12-28-18-5-4-13(23)10-19(18)29-15/h1-5,10,14-15H,6-9,11-12H2,(H,24,27). The molecule has 1 aromatic heterocycles. The number of benzene rings is 2. The predicted octanol–water partition coefficient (Wildman–Crippen LogP) is 3.60. The summed E-state index contributed by atoms with van der Waals surface area (Å²) in [6, 6.07) is 9.94. The number of nitrogens with one attached hydrogen (secondary N) is 1. The van der Waals surface area contributed by atoms with E-state index in [-0.39, 0.29) is 23.7 Å². The van der Waals surface area contributed by atoms with E-state index in [0.29, 0.717) is 29.7 Å². The van der Waals surface area contributed by atoms with E-state index in [4.69, 9.17) is 21.1 Å². The Bertz CT molecular complexity index is 1100. The zero-order chi connectivity index (χ0) is 20.0. The number of imidazole rings is 1. The van der Waals surface area contributed by atoms with Crippen molar-refractivity contribution >= 4 is 22.6 Å². The van der Waals surface area contributed by atoms with Crippen LogP contribution >= 0.6 is 11.6 Å². The number of fused-ring (bicyclic) bond motifs is 2. The third-order valence-corrected chi connectivity index (χ3v) is 6.00. The van der Waals surface area contributed by atoms with E-state index in [1.807, 2.05) is 18.2 Å². The van der Waals surface area contributed by atoms with Crippen LogP contribution in [0.5, 0.6) is 11.5 Å². The maximum atomic E-state index is 13.4. The highest BCUT2D eigenvalue weighted by Crippen LogP contribution is 2.33. The summed E-state index contributed by atoms with van der Waals surface area (Å²) in [7, 11) is 0. The second kappa shape index (κ2) is 7.39. The first-order chi connectivity index (χ1) is 14.1. The third kappa shape index (κ3) is 3.49. The molecule has 1 saturated heterocycles. The number of nitrogens with zero attached hydrogens (tertiary/aromatic N) is 2. The van der Waals surface area contributed by atoms with Crippen LogP contribution in [0.1, 0.15) is 18.9 Å². The van der Waals surface area contributed by atoms with Crippen LogP contribution in [-0.2, 0) is 0 Å². The summed E-state index contributed by atoms with van der Waals surface area (Å²) >= 11 is 6.36. The molecule has 0 radical (unpaired) electrons. The zero-order valence-electron chi connectivity index (χ0n) is 15.7. The SMILES string of the molecule is O=c1[nH]c2cccc(Cl)c2n1C1CCN(CC2COc3ccc(F)cc3O2)CC1. The van der Waals surface area contributed by atoms with Crippen LogP contribution in [-0.4, -0.2) is 46.8 Å². The lowest BCUT2D eigenvalue weighted by atomic mass is 10.0. The minimum atomic E-state index is -0.336. The van der Waals surface area contributed by atoms with Crippen molar-refractivity contribution in [3.8, 4) is 11.5 Å². The van der Waals surface area contributed by atoms with Gasteiger partial charge in [-0.15, -0.1) is 0 Å². The number of halogens is 2. The number of hydrogen-bond donors (Lipinski definition) is 1. The Morgan fingerprint density at radius 2 is 2.00 bits per heavy atom. The summed E-state index contributed by atoms with van der Waals surface area (Å²) in [5.74, 6) is 0.699. The average molecular weight is 418 g/mol. The summed E-state index contributed by atoms with van der Waals surface area (Å²) in [6.45, 7) is 2.82. The largest absolute Gasteiger partial charge is 0.486 e. The van der Waals surface area contributed by atoms with E-state index in [1.165, 1.54) is 12.1 Å². The van der Waals surface area contributed by atoms with E-state index in [9.17, 15) is 9.18 Å². The van der Waals surface area contributed by atoms with Gasteiger partial charge in [0.2, 0.25) is 0 Å². The number of piperidine rings is 1. The van der Waals surface area contributed by atoms with Crippen molar-refractivity contribution in [2.45, 2.75) is 25.0 Å². The molecule has 0 saturated carbocycles. The van der Waals surface area contributed by atoms with Crippen molar-refractivity contribution in [2.24, 2.45) is 0 Å². The van der Waals surface area contributed by atoms with Crippen molar-refractivity contribution < 1.29 is 13.9 Å². The fraction of sp³-hybridized carbons (Fsp3) is 0.381. The molecule has 3 heterocycles. The lowest BCUT2D eigenvalue weighted by Crippen LogP contribution is -2.45. The lowest BCUT2D eigenvalue weighted by molar-refractivity contribution is 0.0482. The number of likely N-dealkylation sites (tertiary alicyclic amines) is 1. The van der Waals surface area contributed by atoms with Gasteiger partial charge in [0.15, 0.2) is 11.5 Å². The van der Waals surface area contributed by atoms with Gasteiger partial charge in [0.1, 0.15) is 18.5 Å². The van der Waals surface area contributed by atoms with Gasteiger partial charge in [-0.3, -0.25) is 9.47 Å². The quantitative estimate of drug-likeness (QED) is 0.707. The molecule has 1 atom stereocenters. The number of ether oxygens (including phenoxy) is 2. The molecule has 1 unspecified atom stereocenters. The summed E-state index contributed by atoms with van der Waals surface area (Å²) in [4.78, 5) is 17.7. The molecule has 29 heavy (non-hydrogen) atoms. The van der Waals surface area contributed by atoms with Crippen molar-refractivity contribution in [1.29, 1.82) is 0 Å². The number of hydrogen-bond acceptors (Lipinski definition) is 4. The maximum Gasteiger partial charge on any atom is 0.326 e. The highest BCUT2D eigenvalue weighted by molar-refractivity contribution is 6.34. The molecule has 3 aromatic rings. The van der Waals surface area contributed by atoms with Gasteiger partial charge in [-0.25, -0.2) is 9.18 Å². The molecule has 0 amide bonds. The topological polar surface area (TPSA) is 59.5 Å². The predicted molar refractivity (Wildman–Crippen MR) is 109 cm³/mol. The Morgan fingerprint density at radius 1 is 1.17 bits per heavy atom. The number of para-hydroxylation sites is 1. The van der Waals surface area contributed by atoms with Crippen LogP contribution in [0.3, 0.4) is 0 Å². The van der Waals surface area contributed by atoms with Crippen LogP contribution in [0.4, 0.5) is 4.39 Å². The van der Waals surface area contributed by atoms with Gasteiger partial charge in [0, 0.05) is 31.7 Å². The van der Waals surface area contributed by atoms with Gasteiger partial charge in [-0.2, -0.15) is 0 Å². The van der Waals surface area contributed by atoms with Crippen LogP contribution in [0, 0.1) is 5.82 Å². The molecule has 0 aliphatic carbocycles. The van der Waals surface area contributed by atoms with Crippen LogP contribution in [0.25, 0.3) is 11.0 Å². The molecule has 152 valence electrons. The van der Waals surface area contributed by atoms with Gasteiger partial charge in [-0.1, -0.05) is 17.7 Å². The Hall–Kier alpha value is -2.51. The molecule has 1 N–H and O–H groups in total. The molecule has 2 aromatic carbocycles. The minimum absolute atomic E-state index is 0.103.